The summed E-state index contributed by atoms with van der Waals surface area (Å²) in [6, 6.07) is 20.4. The molecule has 0 radical (unpaired) electrons. The highest BCUT2D eigenvalue weighted by molar-refractivity contribution is 7.92. The van der Waals surface area contributed by atoms with Crippen LogP contribution in [0.4, 0.5) is 11.4 Å². The third-order valence-electron chi connectivity index (χ3n) is 4.86. The number of rotatable bonds is 8. The van der Waals surface area contributed by atoms with Gasteiger partial charge in [0, 0.05) is 19.8 Å². The molecule has 0 aliphatic rings. The molecule has 10 heteroatoms. The Labute approximate surface area is 194 Å². The molecule has 0 atom stereocenters. The molecule has 0 aliphatic carbocycles. The number of anilines is 2. The van der Waals surface area contributed by atoms with Crippen molar-refractivity contribution in [1.82, 2.24) is 4.31 Å². The SMILES string of the molecule is Cc1ccc(S(=O)(=O)N(CC(=O)Nc2ccc(S(=O)(=O)N(C)C)cc2)c2ccccc2)cc1. The molecule has 0 saturated carbocycles. The number of benzene rings is 3. The van der Waals surface area contributed by atoms with E-state index < -0.39 is 32.5 Å². The van der Waals surface area contributed by atoms with Gasteiger partial charge in [0.1, 0.15) is 6.54 Å². The van der Waals surface area contributed by atoms with Crippen molar-refractivity contribution >= 4 is 37.3 Å². The number of hydrogen-bond acceptors (Lipinski definition) is 5. The van der Waals surface area contributed by atoms with Crippen LogP contribution in [-0.4, -0.2) is 47.7 Å². The topological polar surface area (TPSA) is 104 Å². The molecule has 1 N–H and O–H groups in total. The standard InChI is InChI=1S/C23H25N3O5S2/c1-18-9-13-22(14-10-18)33(30,31)26(20-7-5-4-6-8-20)17-23(27)24-19-11-15-21(16-12-19)32(28,29)25(2)3/h4-16H,17H2,1-3H3,(H,24,27). The van der Waals surface area contributed by atoms with E-state index in [0.717, 1.165) is 14.2 Å². The summed E-state index contributed by atoms with van der Waals surface area (Å²) in [6.07, 6.45) is 0. The van der Waals surface area contributed by atoms with Gasteiger partial charge in [-0.3, -0.25) is 9.10 Å². The van der Waals surface area contributed by atoms with E-state index in [1.807, 2.05) is 6.92 Å². The minimum Gasteiger partial charge on any atom is -0.325 e. The monoisotopic (exact) mass is 487 g/mol. The number of amides is 1. The highest BCUT2D eigenvalue weighted by atomic mass is 32.2. The van der Waals surface area contributed by atoms with E-state index in [-0.39, 0.29) is 9.79 Å². The van der Waals surface area contributed by atoms with E-state index in [9.17, 15) is 21.6 Å². The molecule has 3 aromatic carbocycles. The molecule has 0 bridgehead atoms. The summed E-state index contributed by atoms with van der Waals surface area (Å²) < 4.78 is 53.2. The summed E-state index contributed by atoms with van der Waals surface area (Å²) in [4.78, 5) is 12.9. The minimum absolute atomic E-state index is 0.0722. The minimum atomic E-state index is -4.01. The van der Waals surface area contributed by atoms with Crippen molar-refractivity contribution < 1.29 is 21.6 Å². The lowest BCUT2D eigenvalue weighted by molar-refractivity contribution is -0.114. The van der Waals surface area contributed by atoms with Crippen LogP contribution in [0.2, 0.25) is 0 Å². The molecule has 1 amide bonds. The molecule has 0 fully saturated rings. The van der Waals surface area contributed by atoms with Crippen molar-refractivity contribution in [3.63, 3.8) is 0 Å². The van der Waals surface area contributed by atoms with Crippen LogP contribution < -0.4 is 9.62 Å². The zero-order valence-electron chi connectivity index (χ0n) is 18.5. The quantitative estimate of drug-likeness (QED) is 0.526. The second-order valence-corrected chi connectivity index (χ2v) is 11.5. The Morgan fingerprint density at radius 1 is 0.758 bits per heavy atom. The van der Waals surface area contributed by atoms with Crippen LogP contribution in [0.25, 0.3) is 0 Å². The third-order valence-corrected chi connectivity index (χ3v) is 8.47. The van der Waals surface area contributed by atoms with E-state index in [1.165, 1.54) is 50.5 Å². The molecular weight excluding hydrogens is 462 g/mol. The first kappa shape index (κ1) is 24.4. The molecule has 0 unspecified atom stereocenters. The van der Waals surface area contributed by atoms with Crippen molar-refractivity contribution in [2.75, 3.05) is 30.3 Å². The first-order valence-electron chi connectivity index (χ1n) is 9.99. The van der Waals surface area contributed by atoms with E-state index in [1.54, 1.807) is 42.5 Å². The first-order chi connectivity index (χ1) is 15.5. The maximum Gasteiger partial charge on any atom is 0.264 e. The van der Waals surface area contributed by atoms with Gasteiger partial charge in [-0.2, -0.15) is 0 Å². The second-order valence-electron chi connectivity index (χ2n) is 7.52. The Bertz CT molecular complexity index is 1320. The molecule has 3 rings (SSSR count). The molecule has 0 saturated heterocycles. The summed E-state index contributed by atoms with van der Waals surface area (Å²) in [6.45, 7) is 1.39. The molecule has 3 aromatic rings. The molecule has 174 valence electrons. The van der Waals surface area contributed by atoms with E-state index in [2.05, 4.69) is 5.32 Å². The van der Waals surface area contributed by atoms with Gasteiger partial charge in [0.25, 0.3) is 10.0 Å². The Morgan fingerprint density at radius 3 is 1.82 bits per heavy atom. The number of nitrogens with one attached hydrogen (secondary N) is 1. The number of sulfonamides is 2. The fraction of sp³-hybridized carbons (Fsp3) is 0.174. The largest absolute Gasteiger partial charge is 0.325 e. The van der Waals surface area contributed by atoms with Crippen molar-refractivity contribution in [1.29, 1.82) is 0 Å². The number of carbonyl (C=O) groups is 1. The number of hydrogen-bond donors (Lipinski definition) is 1. The summed E-state index contributed by atoms with van der Waals surface area (Å²) in [5, 5.41) is 2.63. The average molecular weight is 488 g/mol. The van der Waals surface area contributed by atoms with Gasteiger partial charge in [-0.1, -0.05) is 35.9 Å². The van der Waals surface area contributed by atoms with Gasteiger partial charge in [0.15, 0.2) is 0 Å². The predicted molar refractivity (Wildman–Crippen MR) is 128 cm³/mol. The van der Waals surface area contributed by atoms with Gasteiger partial charge >= 0.3 is 0 Å². The fourth-order valence-electron chi connectivity index (χ4n) is 3.00. The van der Waals surface area contributed by atoms with Gasteiger partial charge < -0.3 is 5.32 Å². The number of para-hydroxylation sites is 1. The molecule has 33 heavy (non-hydrogen) atoms. The smallest absolute Gasteiger partial charge is 0.264 e. The maximum atomic E-state index is 13.3. The Kier molecular flexibility index (Phi) is 7.21. The first-order valence-corrected chi connectivity index (χ1v) is 12.9. The highest BCUT2D eigenvalue weighted by Gasteiger charge is 2.27. The second kappa shape index (κ2) is 9.74. The molecule has 0 aliphatic heterocycles. The van der Waals surface area contributed by atoms with Gasteiger partial charge in [-0.05, 0) is 55.5 Å². The lowest BCUT2D eigenvalue weighted by atomic mass is 10.2. The summed E-state index contributed by atoms with van der Waals surface area (Å²) in [7, 11) is -4.75. The van der Waals surface area contributed by atoms with E-state index >= 15 is 0 Å². The van der Waals surface area contributed by atoms with Gasteiger partial charge in [0.2, 0.25) is 15.9 Å². The lowest BCUT2D eigenvalue weighted by Gasteiger charge is -2.24. The molecular formula is C23H25N3O5S2. The van der Waals surface area contributed by atoms with Gasteiger partial charge in [-0.15, -0.1) is 0 Å². The summed E-state index contributed by atoms with van der Waals surface area (Å²) in [5.41, 5.74) is 1.61. The van der Waals surface area contributed by atoms with Crippen molar-refractivity contribution in [3.8, 4) is 0 Å². The van der Waals surface area contributed by atoms with Crippen LogP contribution in [-0.2, 0) is 24.8 Å². The fourth-order valence-corrected chi connectivity index (χ4v) is 5.32. The number of aryl methyl sites for hydroxylation is 1. The summed E-state index contributed by atoms with van der Waals surface area (Å²) in [5.74, 6) is -0.572. The number of carbonyl (C=O) groups excluding carboxylic acids is 1. The van der Waals surface area contributed by atoms with Crippen molar-refractivity contribution in [2.24, 2.45) is 0 Å². The van der Waals surface area contributed by atoms with E-state index in [4.69, 9.17) is 0 Å². The Hall–Kier alpha value is -3.21. The van der Waals surface area contributed by atoms with Gasteiger partial charge in [0.05, 0.1) is 15.5 Å². The van der Waals surface area contributed by atoms with Gasteiger partial charge in [-0.25, -0.2) is 21.1 Å². The lowest BCUT2D eigenvalue weighted by Crippen LogP contribution is -2.38. The van der Waals surface area contributed by atoms with Crippen molar-refractivity contribution in [3.05, 3.63) is 84.4 Å². The molecule has 8 nitrogen and oxygen atoms in total. The summed E-state index contributed by atoms with van der Waals surface area (Å²) >= 11 is 0. The molecule has 0 heterocycles. The third kappa shape index (κ3) is 5.59. The highest BCUT2D eigenvalue weighted by Crippen LogP contribution is 2.24. The number of nitrogens with zero attached hydrogens (tertiary/aromatic N) is 2. The van der Waals surface area contributed by atoms with Crippen LogP contribution in [0.3, 0.4) is 0 Å². The normalized spacial score (nSPS) is 11.9. The van der Waals surface area contributed by atoms with Crippen LogP contribution in [0.5, 0.6) is 0 Å². The van der Waals surface area contributed by atoms with E-state index in [0.29, 0.717) is 11.4 Å². The van der Waals surface area contributed by atoms with Crippen LogP contribution >= 0.6 is 0 Å². The Balaban J connectivity index is 1.85. The average Bonchev–Trinajstić information content (AvgIpc) is 2.78. The molecule has 0 aromatic heterocycles. The van der Waals surface area contributed by atoms with Crippen LogP contribution in [0.15, 0.2) is 88.7 Å². The van der Waals surface area contributed by atoms with Crippen molar-refractivity contribution in [2.45, 2.75) is 16.7 Å². The zero-order valence-corrected chi connectivity index (χ0v) is 20.1. The van der Waals surface area contributed by atoms with Crippen LogP contribution in [0, 0.1) is 6.92 Å². The predicted octanol–water partition coefficient (Wildman–Crippen LogP) is 3.08. The van der Waals surface area contributed by atoms with Crippen LogP contribution in [0.1, 0.15) is 5.56 Å². The zero-order chi connectivity index (χ0) is 24.2. The molecule has 0 spiro atoms. The maximum absolute atomic E-state index is 13.3. The Morgan fingerprint density at radius 2 is 1.27 bits per heavy atom.